The Kier molecular flexibility index (Phi) is 7.10. The van der Waals surface area contributed by atoms with E-state index in [0.29, 0.717) is 17.2 Å². The fourth-order valence-corrected chi connectivity index (χ4v) is 4.57. The predicted molar refractivity (Wildman–Crippen MR) is 127 cm³/mol. The minimum Gasteiger partial charge on any atom is -0.425 e. The van der Waals surface area contributed by atoms with Crippen LogP contribution in [0, 0.1) is 6.92 Å². The first-order valence-corrected chi connectivity index (χ1v) is 12.1. The third kappa shape index (κ3) is 5.80. The van der Waals surface area contributed by atoms with Gasteiger partial charge in [-0.25, -0.2) is 4.57 Å². The molecule has 0 N–H and O–H groups in total. The summed E-state index contributed by atoms with van der Waals surface area (Å²) in [5.41, 5.74) is 0.543. The van der Waals surface area contributed by atoms with Gasteiger partial charge in [0, 0.05) is 5.56 Å². The highest BCUT2D eigenvalue weighted by Crippen LogP contribution is 2.53. The summed E-state index contributed by atoms with van der Waals surface area (Å²) in [6.07, 6.45) is 0. The first-order valence-electron chi connectivity index (χ1n) is 10.5. The fraction of sp³-hybridized carbons (Fsp3) is 0.269. The van der Waals surface area contributed by atoms with Crippen molar-refractivity contribution in [2.45, 2.75) is 45.7 Å². The molecule has 0 aliphatic heterocycles. The Balaban J connectivity index is 1.91. The summed E-state index contributed by atoms with van der Waals surface area (Å²) in [4.78, 5) is 13.1. The normalized spacial score (nSPS) is 12.7. The zero-order chi connectivity index (χ0) is 23.4. The van der Waals surface area contributed by atoms with Gasteiger partial charge in [-0.15, -0.1) is 0 Å². The molecule has 0 saturated carbocycles. The van der Waals surface area contributed by atoms with Crippen molar-refractivity contribution >= 4 is 13.6 Å². The summed E-state index contributed by atoms with van der Waals surface area (Å²) in [5.74, 6) is 0.440. The van der Waals surface area contributed by atoms with Gasteiger partial charge in [-0.05, 0) is 49.6 Å². The molecule has 3 aromatic carbocycles. The van der Waals surface area contributed by atoms with Crippen molar-refractivity contribution in [3.8, 4) is 17.2 Å². The molecule has 0 fully saturated rings. The lowest BCUT2D eigenvalue weighted by molar-refractivity contribution is -0.134. The number of carbonyl (C=O) groups is 1. The van der Waals surface area contributed by atoms with E-state index in [9.17, 15) is 9.36 Å². The zero-order valence-corrected chi connectivity index (χ0v) is 20.0. The topological polar surface area (TPSA) is 61.8 Å². The van der Waals surface area contributed by atoms with E-state index in [-0.39, 0.29) is 5.41 Å². The number of hydrogen-bond donors (Lipinski definition) is 0. The van der Waals surface area contributed by atoms with Gasteiger partial charge in [-0.3, -0.25) is 4.79 Å². The third-order valence-electron chi connectivity index (χ3n) is 4.92. The molecule has 6 heteroatoms. The number of hydrogen-bond acceptors (Lipinski definition) is 5. The van der Waals surface area contributed by atoms with E-state index >= 15 is 0 Å². The van der Waals surface area contributed by atoms with Gasteiger partial charge in [0.1, 0.15) is 17.2 Å². The van der Waals surface area contributed by atoms with Crippen molar-refractivity contribution in [2.24, 2.45) is 0 Å². The summed E-state index contributed by atoms with van der Waals surface area (Å²) in [6.45, 7) is 9.62. The molecule has 32 heavy (non-hydrogen) atoms. The Labute approximate surface area is 189 Å². The second kappa shape index (κ2) is 9.62. The van der Waals surface area contributed by atoms with Gasteiger partial charge in [0.2, 0.25) is 0 Å². The van der Waals surface area contributed by atoms with Gasteiger partial charge in [0.15, 0.2) is 5.66 Å². The monoisotopic (exact) mass is 452 g/mol. The molecular formula is C26H29O5P. The van der Waals surface area contributed by atoms with Crippen LogP contribution in [0.25, 0.3) is 0 Å². The van der Waals surface area contributed by atoms with Crippen LogP contribution in [0.5, 0.6) is 17.2 Å². The number of para-hydroxylation sites is 2. The molecule has 5 nitrogen and oxygen atoms in total. The second-order valence-electron chi connectivity index (χ2n) is 8.70. The Morgan fingerprint density at radius 2 is 1.34 bits per heavy atom. The molecule has 0 saturated heterocycles. The fourth-order valence-electron chi connectivity index (χ4n) is 3.07. The van der Waals surface area contributed by atoms with E-state index in [2.05, 4.69) is 0 Å². The minimum absolute atomic E-state index is 0.240. The van der Waals surface area contributed by atoms with Gasteiger partial charge in [-0.1, -0.05) is 74.9 Å². The number of esters is 1. The number of ether oxygens (including phenoxy) is 1. The van der Waals surface area contributed by atoms with Crippen LogP contribution in [0.15, 0.2) is 78.9 Å². The molecular weight excluding hydrogens is 423 g/mol. The van der Waals surface area contributed by atoms with E-state index in [1.807, 2.05) is 52.0 Å². The number of benzene rings is 3. The highest BCUT2D eigenvalue weighted by molar-refractivity contribution is 7.56. The molecule has 0 aliphatic rings. The highest BCUT2D eigenvalue weighted by Gasteiger charge is 2.43. The lowest BCUT2D eigenvalue weighted by Gasteiger charge is -2.26. The molecule has 0 spiro atoms. The van der Waals surface area contributed by atoms with Gasteiger partial charge in [-0.2, -0.15) is 0 Å². The molecule has 0 amide bonds. The van der Waals surface area contributed by atoms with Crippen LogP contribution in [0.3, 0.4) is 0 Å². The second-order valence-corrected chi connectivity index (χ2v) is 10.9. The first kappa shape index (κ1) is 23.6. The quantitative estimate of drug-likeness (QED) is 0.221. The van der Waals surface area contributed by atoms with Gasteiger partial charge < -0.3 is 13.8 Å². The summed E-state index contributed by atoms with van der Waals surface area (Å²) in [5, 5.41) is 0. The van der Waals surface area contributed by atoms with Crippen LogP contribution in [0.2, 0.25) is 0 Å². The van der Waals surface area contributed by atoms with Crippen molar-refractivity contribution in [3.05, 3.63) is 90.0 Å². The van der Waals surface area contributed by atoms with Crippen molar-refractivity contribution in [3.63, 3.8) is 0 Å². The van der Waals surface area contributed by atoms with E-state index < -0.39 is 19.2 Å². The summed E-state index contributed by atoms with van der Waals surface area (Å²) in [6, 6.07) is 23.0. The number of aryl methyl sites for hydroxylation is 1. The third-order valence-corrected chi connectivity index (χ3v) is 7.01. The summed E-state index contributed by atoms with van der Waals surface area (Å²) in [7, 11) is -3.99. The first-order chi connectivity index (χ1) is 15.1. The van der Waals surface area contributed by atoms with Crippen LogP contribution in [0.4, 0.5) is 0 Å². The van der Waals surface area contributed by atoms with E-state index in [0.717, 1.165) is 11.1 Å². The molecule has 0 aliphatic carbocycles. The molecule has 1 atom stereocenters. The smallest absolute Gasteiger partial charge is 0.425 e. The SMILES string of the molecule is Cc1ccc(OC(=O)C(C)P(=O)(Oc2ccccc2)Oc2ccccc2)c(C(C)(C)C)c1. The van der Waals surface area contributed by atoms with Gasteiger partial charge >= 0.3 is 13.6 Å². The van der Waals surface area contributed by atoms with Gasteiger partial charge in [0.05, 0.1) is 0 Å². The molecule has 0 heterocycles. The van der Waals surface area contributed by atoms with Crippen LogP contribution in [-0.4, -0.2) is 11.6 Å². The van der Waals surface area contributed by atoms with Crippen LogP contribution in [0.1, 0.15) is 38.8 Å². The Bertz CT molecular complexity index is 1060. The maximum absolute atomic E-state index is 13.9. The summed E-state index contributed by atoms with van der Waals surface area (Å²) < 4.78 is 31.2. The van der Waals surface area contributed by atoms with E-state index in [4.69, 9.17) is 13.8 Å². The average Bonchev–Trinajstić information content (AvgIpc) is 2.75. The van der Waals surface area contributed by atoms with Crippen molar-refractivity contribution in [1.29, 1.82) is 0 Å². The molecule has 0 radical (unpaired) electrons. The van der Waals surface area contributed by atoms with Crippen LogP contribution < -0.4 is 13.8 Å². The van der Waals surface area contributed by atoms with Crippen LogP contribution >= 0.6 is 7.60 Å². The van der Waals surface area contributed by atoms with Crippen LogP contribution in [-0.2, 0) is 14.8 Å². The lowest BCUT2D eigenvalue weighted by Crippen LogP contribution is -2.28. The highest BCUT2D eigenvalue weighted by atomic mass is 31.2. The Hall–Kier alpha value is -3.04. The standard InChI is InChI=1S/C26H29O5P/c1-19-16-17-24(23(18-19)26(3,4)5)29-25(27)20(2)32(28,30-21-12-8-6-9-13-21)31-22-14-10-7-11-15-22/h6-18,20H,1-5H3. The lowest BCUT2D eigenvalue weighted by atomic mass is 9.85. The molecule has 0 aromatic heterocycles. The minimum atomic E-state index is -3.99. The van der Waals surface area contributed by atoms with E-state index in [1.54, 1.807) is 54.6 Å². The Morgan fingerprint density at radius 3 is 1.81 bits per heavy atom. The maximum Gasteiger partial charge on any atom is 0.444 e. The molecule has 0 bridgehead atoms. The van der Waals surface area contributed by atoms with Crippen molar-refractivity contribution < 1.29 is 23.1 Å². The summed E-state index contributed by atoms with van der Waals surface area (Å²) >= 11 is 0. The van der Waals surface area contributed by atoms with Crippen molar-refractivity contribution in [2.75, 3.05) is 0 Å². The zero-order valence-electron chi connectivity index (χ0n) is 19.1. The number of carbonyl (C=O) groups excluding carboxylic acids is 1. The maximum atomic E-state index is 13.9. The molecule has 168 valence electrons. The average molecular weight is 452 g/mol. The molecule has 3 aromatic rings. The predicted octanol–water partition coefficient (Wildman–Crippen LogP) is 6.94. The molecule has 1 unspecified atom stereocenters. The molecule has 3 rings (SSSR count). The van der Waals surface area contributed by atoms with Gasteiger partial charge in [0.25, 0.3) is 0 Å². The van der Waals surface area contributed by atoms with Crippen molar-refractivity contribution in [1.82, 2.24) is 0 Å². The number of rotatable bonds is 7. The Morgan fingerprint density at radius 1 is 0.844 bits per heavy atom. The largest absolute Gasteiger partial charge is 0.444 e. The van der Waals surface area contributed by atoms with E-state index in [1.165, 1.54) is 6.92 Å².